The molecular formula is C22H32O3. The molecule has 138 valence electrons. The van der Waals surface area contributed by atoms with Crippen LogP contribution >= 0.6 is 0 Å². The molecule has 2 N–H and O–H groups in total. The summed E-state index contributed by atoms with van der Waals surface area (Å²) in [5.41, 5.74) is 1.91. The molecule has 25 heavy (non-hydrogen) atoms. The van der Waals surface area contributed by atoms with E-state index in [9.17, 15) is 10.2 Å². The molecule has 0 unspecified atom stereocenters. The van der Waals surface area contributed by atoms with Gasteiger partial charge in [-0.05, 0) is 85.0 Å². The molecule has 2 fully saturated rings. The Balaban J connectivity index is 1.67. The van der Waals surface area contributed by atoms with Crippen molar-refractivity contribution in [2.45, 2.75) is 76.4 Å². The van der Waals surface area contributed by atoms with Gasteiger partial charge in [0.05, 0.1) is 18.8 Å². The van der Waals surface area contributed by atoms with Gasteiger partial charge in [-0.1, -0.05) is 26.3 Å². The number of hydrogen-bond donors (Lipinski definition) is 2. The third-order valence-electron chi connectivity index (χ3n) is 7.76. The zero-order chi connectivity index (χ0) is 17.8. The van der Waals surface area contributed by atoms with Crippen LogP contribution in [0.2, 0.25) is 0 Å². The number of fused-ring (bicyclic) bond motifs is 5. The second-order valence-corrected chi connectivity index (χ2v) is 8.98. The fourth-order valence-corrected chi connectivity index (χ4v) is 6.54. The highest BCUT2D eigenvalue weighted by Crippen LogP contribution is 2.63. The first-order valence-corrected chi connectivity index (χ1v) is 10.00. The van der Waals surface area contributed by atoms with Crippen LogP contribution in [-0.2, 0) is 6.42 Å². The largest absolute Gasteiger partial charge is 0.497 e. The third kappa shape index (κ3) is 2.46. The second-order valence-electron chi connectivity index (χ2n) is 8.98. The average molecular weight is 344 g/mol. The van der Waals surface area contributed by atoms with E-state index in [1.807, 2.05) is 0 Å². The molecule has 3 nitrogen and oxygen atoms in total. The van der Waals surface area contributed by atoms with Crippen molar-refractivity contribution >= 4 is 0 Å². The normalized spacial score (nSPS) is 42.4. The monoisotopic (exact) mass is 344 g/mol. The lowest BCUT2D eigenvalue weighted by molar-refractivity contribution is -0.103. The minimum Gasteiger partial charge on any atom is -0.497 e. The predicted octanol–water partition coefficient (Wildman–Crippen LogP) is 4.05. The minimum absolute atomic E-state index is 0.130. The predicted molar refractivity (Wildman–Crippen MR) is 98.9 cm³/mol. The van der Waals surface area contributed by atoms with Gasteiger partial charge in [-0.15, -0.1) is 0 Å². The van der Waals surface area contributed by atoms with Gasteiger partial charge in [0.25, 0.3) is 0 Å². The lowest BCUT2D eigenvalue weighted by Crippen LogP contribution is -2.47. The molecule has 0 amide bonds. The molecule has 3 aliphatic rings. The van der Waals surface area contributed by atoms with Crippen molar-refractivity contribution in [2.75, 3.05) is 7.11 Å². The number of rotatable bonds is 3. The number of hydrogen-bond acceptors (Lipinski definition) is 3. The van der Waals surface area contributed by atoms with E-state index in [0.29, 0.717) is 24.2 Å². The van der Waals surface area contributed by atoms with E-state index in [1.165, 1.54) is 17.5 Å². The Hall–Kier alpha value is -1.06. The van der Waals surface area contributed by atoms with Crippen molar-refractivity contribution in [1.29, 1.82) is 0 Å². The lowest BCUT2D eigenvalue weighted by Gasteiger charge is -2.50. The van der Waals surface area contributed by atoms with Gasteiger partial charge in [-0.3, -0.25) is 0 Å². The maximum atomic E-state index is 11.1. The van der Waals surface area contributed by atoms with Gasteiger partial charge in [0.15, 0.2) is 0 Å². The van der Waals surface area contributed by atoms with Crippen molar-refractivity contribution in [3.8, 4) is 5.75 Å². The van der Waals surface area contributed by atoms with E-state index in [0.717, 1.165) is 37.9 Å². The Bertz CT molecular complexity index is 657. The zero-order valence-electron chi connectivity index (χ0n) is 15.8. The SMILES string of the molecule is CCC[C@@]1(O)C[C@H]2[C@@H]3CCc4cc(OC)ccc4[C@@H]3CC[C@]2(C)[C@@H]1O. The first-order chi connectivity index (χ1) is 11.9. The molecule has 4 rings (SSSR count). The van der Waals surface area contributed by atoms with Gasteiger partial charge >= 0.3 is 0 Å². The molecule has 0 aromatic heterocycles. The molecule has 0 spiro atoms. The van der Waals surface area contributed by atoms with E-state index >= 15 is 0 Å². The highest BCUT2D eigenvalue weighted by Gasteiger charge is 2.62. The van der Waals surface area contributed by atoms with Crippen molar-refractivity contribution in [1.82, 2.24) is 0 Å². The van der Waals surface area contributed by atoms with Crippen LogP contribution in [0.15, 0.2) is 18.2 Å². The number of aryl methyl sites for hydroxylation is 1. The summed E-state index contributed by atoms with van der Waals surface area (Å²) < 4.78 is 5.40. The standard InChI is InChI=1S/C22H32O3/c1-4-10-22(24)13-19-18-7-5-14-12-15(25-3)6-8-16(14)17(18)9-11-21(19,2)20(22)23/h6,8,12,17-20,23-24H,4-5,7,9-11,13H2,1-3H3/t17-,18+,19-,20-,21-,22+/m0/s1. The molecular weight excluding hydrogens is 312 g/mol. The summed E-state index contributed by atoms with van der Waals surface area (Å²) in [6, 6.07) is 6.56. The minimum atomic E-state index is -0.886. The maximum Gasteiger partial charge on any atom is 0.119 e. The Kier molecular flexibility index (Phi) is 4.16. The van der Waals surface area contributed by atoms with E-state index in [2.05, 4.69) is 32.0 Å². The van der Waals surface area contributed by atoms with Gasteiger partial charge in [-0.2, -0.15) is 0 Å². The summed E-state index contributed by atoms with van der Waals surface area (Å²) in [6.07, 6.45) is 6.21. The summed E-state index contributed by atoms with van der Waals surface area (Å²) >= 11 is 0. The second kappa shape index (κ2) is 5.99. The smallest absolute Gasteiger partial charge is 0.119 e. The quantitative estimate of drug-likeness (QED) is 0.869. The summed E-state index contributed by atoms with van der Waals surface area (Å²) in [5.74, 6) is 2.53. The molecule has 3 aliphatic carbocycles. The van der Waals surface area contributed by atoms with Gasteiger partial charge in [0, 0.05) is 0 Å². The molecule has 6 atom stereocenters. The number of aliphatic hydroxyl groups excluding tert-OH is 1. The number of methoxy groups -OCH3 is 1. The Morgan fingerprint density at radius 2 is 2.08 bits per heavy atom. The van der Waals surface area contributed by atoms with E-state index in [1.54, 1.807) is 7.11 Å². The van der Waals surface area contributed by atoms with Crippen LogP contribution in [0.3, 0.4) is 0 Å². The molecule has 0 saturated heterocycles. The van der Waals surface area contributed by atoms with Crippen molar-refractivity contribution in [2.24, 2.45) is 17.3 Å². The van der Waals surface area contributed by atoms with E-state index in [4.69, 9.17) is 4.74 Å². The van der Waals surface area contributed by atoms with Gasteiger partial charge in [0.2, 0.25) is 0 Å². The topological polar surface area (TPSA) is 49.7 Å². The fourth-order valence-electron chi connectivity index (χ4n) is 6.54. The van der Waals surface area contributed by atoms with E-state index < -0.39 is 11.7 Å². The van der Waals surface area contributed by atoms with E-state index in [-0.39, 0.29) is 5.41 Å². The van der Waals surface area contributed by atoms with Crippen LogP contribution in [0.4, 0.5) is 0 Å². The molecule has 0 bridgehead atoms. The van der Waals surface area contributed by atoms with Crippen LogP contribution in [0.1, 0.15) is 69.4 Å². The third-order valence-corrected chi connectivity index (χ3v) is 7.76. The van der Waals surface area contributed by atoms with Gasteiger partial charge < -0.3 is 14.9 Å². The van der Waals surface area contributed by atoms with Crippen LogP contribution in [-0.4, -0.2) is 29.0 Å². The van der Waals surface area contributed by atoms with Crippen molar-refractivity contribution in [3.05, 3.63) is 29.3 Å². The van der Waals surface area contributed by atoms with Crippen LogP contribution < -0.4 is 4.74 Å². The fraction of sp³-hybridized carbons (Fsp3) is 0.727. The summed E-state index contributed by atoms with van der Waals surface area (Å²) in [5, 5.41) is 22.2. The number of aliphatic hydroxyl groups is 2. The Labute approximate surface area is 151 Å². The average Bonchev–Trinajstić information content (AvgIpc) is 2.82. The van der Waals surface area contributed by atoms with Gasteiger partial charge in [0.1, 0.15) is 5.75 Å². The summed E-state index contributed by atoms with van der Waals surface area (Å²) in [4.78, 5) is 0. The molecule has 3 heteroatoms. The Morgan fingerprint density at radius 3 is 2.80 bits per heavy atom. The maximum absolute atomic E-state index is 11.1. The van der Waals surface area contributed by atoms with Crippen molar-refractivity contribution < 1.29 is 14.9 Å². The molecule has 0 radical (unpaired) electrons. The molecule has 2 saturated carbocycles. The van der Waals surface area contributed by atoms with Crippen LogP contribution in [0, 0.1) is 17.3 Å². The zero-order valence-corrected chi connectivity index (χ0v) is 15.8. The lowest BCUT2D eigenvalue weighted by atomic mass is 9.55. The molecule has 1 aromatic rings. The molecule has 0 aliphatic heterocycles. The highest BCUT2D eigenvalue weighted by molar-refractivity contribution is 5.41. The Morgan fingerprint density at radius 1 is 1.28 bits per heavy atom. The molecule has 0 heterocycles. The number of benzene rings is 1. The van der Waals surface area contributed by atoms with Gasteiger partial charge in [-0.25, -0.2) is 0 Å². The first-order valence-electron chi connectivity index (χ1n) is 10.00. The summed E-state index contributed by atoms with van der Waals surface area (Å²) in [6.45, 7) is 4.33. The van der Waals surface area contributed by atoms with Crippen molar-refractivity contribution in [3.63, 3.8) is 0 Å². The van der Waals surface area contributed by atoms with Crippen LogP contribution in [0.5, 0.6) is 5.75 Å². The summed E-state index contributed by atoms with van der Waals surface area (Å²) in [7, 11) is 1.73. The number of ether oxygens (including phenoxy) is 1. The molecule has 1 aromatic carbocycles. The highest BCUT2D eigenvalue weighted by atomic mass is 16.5. The van der Waals surface area contributed by atoms with Crippen LogP contribution in [0.25, 0.3) is 0 Å². The first kappa shape index (κ1) is 17.4.